The van der Waals surface area contributed by atoms with Gasteiger partial charge in [-0.25, -0.2) is 17.2 Å². The molecule has 1 aromatic carbocycles. The average Bonchev–Trinajstić information content (AvgIpc) is 2.93. The van der Waals surface area contributed by atoms with Crippen LogP contribution < -0.4 is 5.84 Å². The molecule has 0 spiro atoms. The highest BCUT2D eigenvalue weighted by molar-refractivity contribution is 7.88. The Morgan fingerprint density at radius 3 is 2.75 bits per heavy atom. The number of nitrogens with two attached hydrogens (primary N) is 1. The lowest BCUT2D eigenvalue weighted by atomic mass is 9.93. The Balaban J connectivity index is 1.48. The van der Waals surface area contributed by atoms with Gasteiger partial charge in [0.25, 0.3) is 0 Å². The van der Waals surface area contributed by atoms with Gasteiger partial charge in [0.15, 0.2) is 0 Å². The second-order valence-corrected chi connectivity index (χ2v) is 9.66. The van der Waals surface area contributed by atoms with Crippen LogP contribution in [0.25, 0.3) is 0 Å². The average molecular weight is 415 g/mol. The largest absolute Gasteiger partial charge is 0.369 e. The molecule has 0 aromatic heterocycles. The molecule has 4 rings (SSSR count). The molecule has 3 aliphatic rings. The molecule has 2 unspecified atom stereocenters. The summed E-state index contributed by atoms with van der Waals surface area (Å²) >= 11 is 0. The van der Waals surface area contributed by atoms with Crippen molar-refractivity contribution < 1.29 is 21.9 Å². The molecule has 3 saturated heterocycles. The van der Waals surface area contributed by atoms with Crippen molar-refractivity contribution in [2.75, 3.05) is 32.5 Å². The minimum absolute atomic E-state index is 0.0111. The first-order valence-electron chi connectivity index (χ1n) is 9.15. The number of ether oxygens (including phenoxy) is 1. The molecular formula is C17H23F2N5O3S. The Bertz CT molecular complexity index is 884. The Kier molecular flexibility index (Phi) is 5.10. The molecule has 0 radical (unpaired) electrons. The van der Waals surface area contributed by atoms with E-state index in [1.54, 1.807) is 0 Å². The number of likely N-dealkylation sites (tertiary alicyclic amines) is 1. The molecule has 154 valence electrons. The maximum atomic E-state index is 14.2. The van der Waals surface area contributed by atoms with E-state index in [9.17, 15) is 17.2 Å². The molecule has 1 aromatic rings. The third-order valence-electron chi connectivity index (χ3n) is 5.97. The molecule has 0 bridgehead atoms. The van der Waals surface area contributed by atoms with E-state index in [1.165, 1.54) is 10.6 Å². The summed E-state index contributed by atoms with van der Waals surface area (Å²) in [6, 6.07) is 2.65. The molecule has 3 fully saturated rings. The third kappa shape index (κ3) is 3.51. The number of halogens is 2. The van der Waals surface area contributed by atoms with Gasteiger partial charge < -0.3 is 10.6 Å². The number of sulfonamides is 1. The van der Waals surface area contributed by atoms with Crippen molar-refractivity contribution in [2.45, 2.75) is 30.7 Å². The number of hydrogen-bond donors (Lipinski definition) is 1. The monoisotopic (exact) mass is 415 g/mol. The quantitative estimate of drug-likeness (QED) is 0.450. The van der Waals surface area contributed by atoms with E-state index in [4.69, 9.17) is 10.6 Å². The van der Waals surface area contributed by atoms with Crippen LogP contribution in [-0.4, -0.2) is 68.2 Å². The summed E-state index contributed by atoms with van der Waals surface area (Å²) in [6.07, 6.45) is 0.969. The zero-order valence-corrected chi connectivity index (χ0v) is 16.2. The van der Waals surface area contributed by atoms with Gasteiger partial charge in [-0.3, -0.25) is 4.90 Å². The lowest BCUT2D eigenvalue weighted by Gasteiger charge is -2.41. The van der Waals surface area contributed by atoms with Crippen LogP contribution >= 0.6 is 0 Å². The number of hydrogen-bond acceptors (Lipinski definition) is 6. The van der Waals surface area contributed by atoms with Crippen LogP contribution in [0.4, 0.5) is 8.78 Å². The number of fused-ring (bicyclic) bond motifs is 1. The van der Waals surface area contributed by atoms with Crippen molar-refractivity contribution in [1.82, 2.24) is 9.21 Å². The summed E-state index contributed by atoms with van der Waals surface area (Å²) in [5, 5.41) is 7.36. The molecule has 8 nitrogen and oxygen atoms in total. The molecule has 0 saturated carbocycles. The first-order valence-corrected chi connectivity index (χ1v) is 11.0. The summed E-state index contributed by atoms with van der Waals surface area (Å²) in [4.78, 5) is 2.19. The van der Waals surface area contributed by atoms with E-state index in [0.717, 1.165) is 24.7 Å². The van der Waals surface area contributed by atoms with Crippen molar-refractivity contribution in [1.29, 1.82) is 0 Å². The third-order valence-corrected chi connectivity index (χ3v) is 7.24. The molecular weight excluding hydrogens is 392 g/mol. The minimum Gasteiger partial charge on any atom is -0.369 e. The highest BCUT2D eigenvalue weighted by atomic mass is 32.2. The molecule has 0 amide bonds. The van der Waals surface area contributed by atoms with Crippen molar-refractivity contribution in [2.24, 2.45) is 22.1 Å². The molecule has 5 atom stereocenters. The zero-order valence-electron chi connectivity index (χ0n) is 15.4. The van der Waals surface area contributed by atoms with Crippen LogP contribution in [0.2, 0.25) is 0 Å². The summed E-state index contributed by atoms with van der Waals surface area (Å²) < 4.78 is 58.8. The van der Waals surface area contributed by atoms with Crippen molar-refractivity contribution in [3.63, 3.8) is 0 Å². The van der Waals surface area contributed by atoms with Gasteiger partial charge in [0.05, 0.1) is 12.9 Å². The normalized spacial score (nSPS) is 34.5. The van der Waals surface area contributed by atoms with Gasteiger partial charge in [-0.05, 0) is 24.6 Å². The summed E-state index contributed by atoms with van der Waals surface area (Å²) in [7, 11) is -3.20. The maximum absolute atomic E-state index is 14.2. The molecule has 28 heavy (non-hydrogen) atoms. The minimum atomic E-state index is -3.20. The summed E-state index contributed by atoms with van der Waals surface area (Å²) in [5.41, 5.74) is 0.0978. The topological polar surface area (TPSA) is 101 Å². The molecule has 3 aliphatic heterocycles. The predicted octanol–water partition coefficient (Wildman–Crippen LogP) is 1.06. The predicted molar refractivity (Wildman–Crippen MR) is 96.7 cm³/mol. The van der Waals surface area contributed by atoms with Gasteiger partial charge in [-0.15, -0.1) is 0 Å². The van der Waals surface area contributed by atoms with E-state index >= 15 is 0 Å². The zero-order chi connectivity index (χ0) is 20.1. The highest BCUT2D eigenvalue weighted by Crippen LogP contribution is 2.39. The molecule has 3 heterocycles. The molecule has 0 aliphatic carbocycles. The lowest BCUT2D eigenvalue weighted by Crippen LogP contribution is -2.57. The van der Waals surface area contributed by atoms with E-state index in [2.05, 4.69) is 15.2 Å². The molecule has 2 N–H and O–H groups in total. The number of rotatable bonds is 4. The van der Waals surface area contributed by atoms with Gasteiger partial charge in [0.1, 0.15) is 23.8 Å². The second kappa shape index (κ2) is 7.29. The van der Waals surface area contributed by atoms with Gasteiger partial charge in [-0.1, -0.05) is 5.22 Å². The van der Waals surface area contributed by atoms with Crippen molar-refractivity contribution >= 4 is 10.0 Å². The van der Waals surface area contributed by atoms with Gasteiger partial charge >= 0.3 is 0 Å². The Morgan fingerprint density at radius 2 is 2.04 bits per heavy atom. The van der Waals surface area contributed by atoms with E-state index < -0.39 is 33.8 Å². The van der Waals surface area contributed by atoms with Crippen LogP contribution in [0.5, 0.6) is 0 Å². The maximum Gasteiger partial charge on any atom is 0.211 e. The van der Waals surface area contributed by atoms with Crippen LogP contribution in [0.15, 0.2) is 28.5 Å². The Morgan fingerprint density at radius 1 is 1.25 bits per heavy atom. The first-order chi connectivity index (χ1) is 13.3. The van der Waals surface area contributed by atoms with Crippen LogP contribution in [0, 0.1) is 17.6 Å². The van der Waals surface area contributed by atoms with Crippen LogP contribution in [-0.2, 0) is 14.8 Å². The SMILES string of the molecule is CS(=O)(=O)N1CC2CN([C@H]3CO[C@H](c4cc(F)ccc4F)[C@@H](N=NN)C3)CC21. The van der Waals surface area contributed by atoms with Crippen molar-refractivity contribution in [3.05, 3.63) is 35.4 Å². The van der Waals surface area contributed by atoms with Gasteiger partial charge in [0, 0.05) is 43.2 Å². The van der Waals surface area contributed by atoms with Crippen molar-refractivity contribution in [3.8, 4) is 0 Å². The number of nitrogens with zero attached hydrogens (tertiary/aromatic N) is 4. The highest BCUT2D eigenvalue weighted by Gasteiger charge is 2.51. The Labute approximate surface area is 162 Å². The van der Waals surface area contributed by atoms with E-state index in [1.807, 2.05) is 0 Å². The summed E-state index contributed by atoms with van der Waals surface area (Å²) in [6.45, 7) is 2.25. The van der Waals surface area contributed by atoms with Crippen LogP contribution in [0.3, 0.4) is 0 Å². The van der Waals surface area contributed by atoms with E-state index in [0.29, 0.717) is 32.0 Å². The van der Waals surface area contributed by atoms with E-state index in [-0.39, 0.29) is 17.6 Å². The first kappa shape index (κ1) is 19.6. The number of benzene rings is 1. The fraction of sp³-hybridized carbons (Fsp3) is 0.647. The fourth-order valence-corrected chi connectivity index (χ4v) is 5.77. The lowest BCUT2D eigenvalue weighted by molar-refractivity contribution is -0.0484. The van der Waals surface area contributed by atoms with Crippen LogP contribution in [0.1, 0.15) is 18.1 Å². The standard InChI is InChI=1S/C17H23F2N5O3S/c1-28(25,26)24-7-10-6-23(8-16(10)24)12-5-15(21-22-20)17(27-9-12)13-4-11(18)2-3-14(13)19/h2-4,10,12,15-17H,5-9H2,1H3,(H2,20,21)/t10?,12-,15+,16?,17-/m1/s1. The second-order valence-electron chi connectivity index (χ2n) is 7.72. The summed E-state index contributed by atoms with van der Waals surface area (Å²) in [5.74, 6) is 4.42. The fourth-order valence-electron chi connectivity index (χ4n) is 4.57. The van der Waals surface area contributed by atoms with Gasteiger partial charge in [-0.2, -0.15) is 9.42 Å². The molecule has 11 heteroatoms. The van der Waals surface area contributed by atoms with Gasteiger partial charge in [0.2, 0.25) is 10.0 Å². The smallest absolute Gasteiger partial charge is 0.211 e. The Hall–Kier alpha value is -1.69.